The van der Waals surface area contributed by atoms with Gasteiger partial charge in [-0.25, -0.2) is 9.59 Å². The molecule has 4 unspecified atom stereocenters. The number of benzene rings is 2. The van der Waals surface area contributed by atoms with Gasteiger partial charge in [0.15, 0.2) is 12.2 Å². The predicted octanol–water partition coefficient (Wildman–Crippen LogP) is 7.01. The molecular formula is C44H47ClN8O8. The highest BCUT2D eigenvalue weighted by molar-refractivity contribution is 6.35. The maximum Gasteiger partial charge on any atom is 0.414 e. The van der Waals surface area contributed by atoms with E-state index in [1.54, 1.807) is 18.2 Å². The zero-order chi connectivity index (χ0) is 43.7. The minimum Gasteiger partial charge on any atom is -0.436 e. The molecule has 4 N–H and O–H groups in total. The molecule has 318 valence electrons. The fourth-order valence-electron chi connectivity index (χ4n) is 7.81. The average molecular weight is 851 g/mol. The van der Waals surface area contributed by atoms with Crippen molar-refractivity contribution in [2.75, 3.05) is 0 Å². The highest BCUT2D eigenvalue weighted by Crippen LogP contribution is 2.33. The van der Waals surface area contributed by atoms with Crippen LogP contribution in [0.4, 0.5) is 9.59 Å². The van der Waals surface area contributed by atoms with Gasteiger partial charge in [0, 0.05) is 82.7 Å². The van der Waals surface area contributed by atoms with E-state index in [4.69, 9.17) is 21.1 Å². The summed E-state index contributed by atoms with van der Waals surface area (Å²) in [5.41, 5.74) is 5.21. The van der Waals surface area contributed by atoms with Crippen LogP contribution in [0.3, 0.4) is 0 Å². The average Bonchev–Trinajstić information content (AvgIpc) is 4.00. The molecular weight excluding hydrogens is 804 g/mol. The highest BCUT2D eigenvalue weighted by Gasteiger charge is 2.37. The van der Waals surface area contributed by atoms with Gasteiger partial charge in [-0.1, -0.05) is 63.6 Å². The fourth-order valence-corrected chi connectivity index (χ4v) is 8.07. The standard InChI is InChI=1S/C22H23ClN4O4.C22H24N4O4/c1-4-27-10-15-16(23)7-12(8-18(15)26-27)17-6-5-13(20(28)24-17)14(11(2)3)9-19-21(29)25-22(30)31-19;1-4-26-11-14-6-5-13(9-18(14)25-26)17-8-7-15(20(27)23-17)16(12(2)3)10-19-21(28)24-22(29)30-19/h5-8,10-11,14,19H,4,9H2,1-3H3,(H,24,28)(H,25,29,30);5-9,11-12,16,19H,4,10H2,1-3H3,(H,23,27)(H,24,28,29). The minimum atomic E-state index is -0.895. The van der Waals surface area contributed by atoms with Crippen molar-refractivity contribution in [2.24, 2.45) is 11.8 Å². The Bertz CT molecular complexity index is 2790. The number of cyclic esters (lactones) is 2. The van der Waals surface area contributed by atoms with E-state index >= 15 is 0 Å². The Labute approximate surface area is 355 Å². The molecule has 0 spiro atoms. The van der Waals surface area contributed by atoms with E-state index in [0.717, 1.165) is 46.0 Å². The van der Waals surface area contributed by atoms with Crippen LogP contribution in [0.1, 0.15) is 77.3 Å². The van der Waals surface area contributed by atoms with Crippen molar-refractivity contribution in [3.05, 3.63) is 104 Å². The molecule has 2 saturated heterocycles. The lowest BCUT2D eigenvalue weighted by molar-refractivity contribution is -0.124. The van der Waals surface area contributed by atoms with Crippen LogP contribution < -0.4 is 21.8 Å². The minimum absolute atomic E-state index is 0.0582. The molecule has 4 aromatic heterocycles. The first-order valence-electron chi connectivity index (χ1n) is 20.3. The number of aromatic amines is 2. The fraction of sp³-hybridized carbons (Fsp3) is 0.364. The lowest BCUT2D eigenvalue weighted by Gasteiger charge is -2.22. The van der Waals surface area contributed by atoms with Gasteiger partial charge in [0.05, 0.1) is 16.1 Å². The van der Waals surface area contributed by atoms with Crippen LogP contribution in [-0.2, 0) is 32.2 Å². The van der Waals surface area contributed by atoms with Crippen LogP contribution in [0.2, 0.25) is 5.02 Å². The number of ether oxygens (including phenoxy) is 2. The second kappa shape index (κ2) is 17.6. The number of imide groups is 2. The van der Waals surface area contributed by atoms with Gasteiger partial charge in [-0.2, -0.15) is 10.2 Å². The molecule has 8 rings (SSSR count). The number of aryl methyl sites for hydroxylation is 2. The summed E-state index contributed by atoms with van der Waals surface area (Å²) in [6.07, 6.45) is 1.13. The monoisotopic (exact) mass is 850 g/mol. The molecule has 61 heavy (non-hydrogen) atoms. The lowest BCUT2D eigenvalue weighted by atomic mass is 9.84. The number of fused-ring (bicyclic) bond motifs is 2. The molecule has 4 amide bonds. The van der Waals surface area contributed by atoms with E-state index in [1.807, 2.05) is 99.7 Å². The second-order valence-electron chi connectivity index (χ2n) is 15.9. The third-order valence-corrected chi connectivity index (χ3v) is 11.5. The van der Waals surface area contributed by atoms with Crippen LogP contribution >= 0.6 is 11.6 Å². The molecule has 0 aliphatic carbocycles. The predicted molar refractivity (Wildman–Crippen MR) is 229 cm³/mol. The second-order valence-corrected chi connectivity index (χ2v) is 16.3. The molecule has 0 saturated carbocycles. The van der Waals surface area contributed by atoms with E-state index in [1.165, 1.54) is 0 Å². The summed E-state index contributed by atoms with van der Waals surface area (Å²) in [6, 6.07) is 16.8. The van der Waals surface area contributed by atoms with Gasteiger partial charge in [-0.15, -0.1) is 0 Å². The van der Waals surface area contributed by atoms with Gasteiger partial charge in [0.25, 0.3) is 22.9 Å². The lowest BCUT2D eigenvalue weighted by Crippen LogP contribution is -2.29. The molecule has 17 heteroatoms. The zero-order valence-corrected chi connectivity index (χ0v) is 35.3. The normalized spacial score (nSPS) is 17.3. The van der Waals surface area contributed by atoms with E-state index in [9.17, 15) is 28.8 Å². The number of carbonyl (C=O) groups is 4. The Balaban J connectivity index is 0.000000184. The summed E-state index contributed by atoms with van der Waals surface area (Å²) >= 11 is 6.44. The highest BCUT2D eigenvalue weighted by atomic mass is 35.5. The molecule has 4 atom stereocenters. The zero-order valence-electron chi connectivity index (χ0n) is 34.6. The number of halogens is 1. The van der Waals surface area contributed by atoms with Crippen molar-refractivity contribution in [1.82, 2.24) is 40.2 Å². The molecule has 2 aliphatic rings. The molecule has 2 aliphatic heterocycles. The quantitative estimate of drug-likeness (QED) is 0.0989. The third-order valence-electron chi connectivity index (χ3n) is 11.2. The number of nitrogens with zero attached hydrogens (tertiary/aromatic N) is 4. The van der Waals surface area contributed by atoms with Crippen LogP contribution in [-0.4, -0.2) is 65.7 Å². The number of nitrogens with one attached hydrogen (secondary N) is 4. The SMILES string of the molecule is CCn1cc2c(Cl)cc(-c3ccc(C(CC4OC(=O)NC4=O)C(C)C)c(=O)[nH]3)cc2n1.CCn1cc2ccc(-c3ccc(C(CC4OC(=O)NC4=O)C(C)C)c(=O)[nH]3)cc2n1. The maximum atomic E-state index is 13.0. The first-order chi connectivity index (χ1) is 29.1. The van der Waals surface area contributed by atoms with E-state index in [2.05, 4.69) is 30.8 Å². The number of amides is 4. The Kier molecular flexibility index (Phi) is 12.3. The Morgan fingerprint density at radius 1 is 0.639 bits per heavy atom. The van der Waals surface area contributed by atoms with Gasteiger partial charge < -0.3 is 19.4 Å². The van der Waals surface area contributed by atoms with Crippen molar-refractivity contribution >= 4 is 57.4 Å². The first kappa shape index (κ1) is 42.6. The van der Waals surface area contributed by atoms with Crippen LogP contribution in [0, 0.1) is 11.8 Å². The van der Waals surface area contributed by atoms with Crippen LogP contribution in [0.25, 0.3) is 44.3 Å². The summed E-state index contributed by atoms with van der Waals surface area (Å²) in [7, 11) is 0. The van der Waals surface area contributed by atoms with Crippen LogP contribution in [0.5, 0.6) is 0 Å². The summed E-state index contributed by atoms with van der Waals surface area (Å²) in [5, 5.41) is 15.8. The molecule has 0 radical (unpaired) electrons. The number of aromatic nitrogens is 6. The first-order valence-corrected chi connectivity index (χ1v) is 20.6. The number of alkyl carbamates (subject to hydrolysis) is 2. The molecule has 16 nitrogen and oxygen atoms in total. The number of hydrogen-bond donors (Lipinski definition) is 4. The maximum absolute atomic E-state index is 13.0. The molecule has 0 bridgehead atoms. The van der Waals surface area contributed by atoms with E-state index in [-0.39, 0.29) is 47.6 Å². The van der Waals surface area contributed by atoms with Gasteiger partial charge in [0.2, 0.25) is 0 Å². The topological polar surface area (TPSA) is 212 Å². The largest absolute Gasteiger partial charge is 0.436 e. The molecule has 2 fully saturated rings. The number of H-pyrrole nitrogens is 2. The Hall–Kier alpha value is -6.55. The molecule has 2 aromatic carbocycles. The molecule has 6 heterocycles. The van der Waals surface area contributed by atoms with Gasteiger partial charge in [-0.05, 0) is 67.9 Å². The molecule has 6 aromatic rings. The van der Waals surface area contributed by atoms with Gasteiger partial charge in [-0.3, -0.25) is 39.2 Å². The van der Waals surface area contributed by atoms with Crippen molar-refractivity contribution in [1.29, 1.82) is 0 Å². The van der Waals surface area contributed by atoms with E-state index < -0.39 is 36.2 Å². The van der Waals surface area contributed by atoms with E-state index in [0.29, 0.717) is 27.5 Å². The number of carbonyl (C=O) groups excluding carboxylic acids is 4. The Morgan fingerprint density at radius 3 is 1.61 bits per heavy atom. The van der Waals surface area contributed by atoms with Crippen molar-refractivity contribution in [3.8, 4) is 22.5 Å². The summed E-state index contributed by atoms with van der Waals surface area (Å²) < 4.78 is 13.8. The Morgan fingerprint density at radius 2 is 1.13 bits per heavy atom. The number of rotatable bonds is 12. The van der Waals surface area contributed by atoms with Crippen LogP contribution in [0.15, 0.2) is 76.6 Å². The summed E-state index contributed by atoms with van der Waals surface area (Å²) in [4.78, 5) is 78.2. The van der Waals surface area contributed by atoms with Crippen molar-refractivity contribution < 1.29 is 28.7 Å². The van der Waals surface area contributed by atoms with Gasteiger partial charge >= 0.3 is 12.2 Å². The third kappa shape index (κ3) is 9.14. The van der Waals surface area contributed by atoms with Gasteiger partial charge in [0.1, 0.15) is 0 Å². The van der Waals surface area contributed by atoms with Crippen molar-refractivity contribution in [2.45, 2.75) is 91.5 Å². The number of pyridine rings is 2. The summed E-state index contributed by atoms with van der Waals surface area (Å²) in [5.74, 6) is -1.28. The van der Waals surface area contributed by atoms with Crippen molar-refractivity contribution in [3.63, 3.8) is 0 Å². The smallest absolute Gasteiger partial charge is 0.414 e. The number of hydrogen-bond acceptors (Lipinski definition) is 10. The summed E-state index contributed by atoms with van der Waals surface area (Å²) in [6.45, 7) is 13.4.